The van der Waals surface area contributed by atoms with Gasteiger partial charge in [-0.15, -0.1) is 0 Å². The van der Waals surface area contributed by atoms with Crippen LogP contribution in [0.1, 0.15) is 24.5 Å². The van der Waals surface area contributed by atoms with Gasteiger partial charge in [0, 0.05) is 12.2 Å². The standard InChI is InChI=1S/C13H19F3N2O2/c1-2-12(7-19,8-20)18-11-4-3-10(13(14,15)16)5-9(11)6-17/h3-5,18-20H,2,6-8,17H2,1H3. The predicted octanol–water partition coefficient (Wildman–Crippen LogP) is 1.71. The van der Waals surface area contributed by atoms with Gasteiger partial charge >= 0.3 is 6.18 Å². The Labute approximate surface area is 115 Å². The van der Waals surface area contributed by atoms with Gasteiger partial charge < -0.3 is 21.3 Å². The Hall–Kier alpha value is -1.31. The van der Waals surface area contributed by atoms with E-state index in [2.05, 4.69) is 5.32 Å². The van der Waals surface area contributed by atoms with E-state index in [1.54, 1.807) is 6.92 Å². The second kappa shape index (κ2) is 6.43. The third-order valence-corrected chi connectivity index (χ3v) is 3.33. The molecule has 0 heterocycles. The minimum absolute atomic E-state index is 0.0805. The molecule has 0 bridgehead atoms. The van der Waals surface area contributed by atoms with Crippen molar-refractivity contribution in [3.8, 4) is 0 Å². The van der Waals surface area contributed by atoms with Crippen LogP contribution in [-0.4, -0.2) is 29.0 Å². The highest BCUT2D eigenvalue weighted by molar-refractivity contribution is 5.55. The molecule has 5 N–H and O–H groups in total. The van der Waals surface area contributed by atoms with E-state index in [9.17, 15) is 23.4 Å². The topological polar surface area (TPSA) is 78.5 Å². The van der Waals surface area contributed by atoms with Crippen LogP contribution in [-0.2, 0) is 12.7 Å². The van der Waals surface area contributed by atoms with E-state index in [1.165, 1.54) is 6.07 Å². The average molecular weight is 292 g/mol. The Morgan fingerprint density at radius 2 is 1.80 bits per heavy atom. The minimum atomic E-state index is -4.43. The molecule has 0 unspecified atom stereocenters. The van der Waals surface area contributed by atoms with Crippen molar-refractivity contribution in [3.05, 3.63) is 29.3 Å². The zero-order chi connectivity index (χ0) is 15.4. The quantitative estimate of drug-likeness (QED) is 0.643. The smallest absolute Gasteiger partial charge is 0.394 e. The normalized spacial score (nSPS) is 12.6. The largest absolute Gasteiger partial charge is 0.416 e. The Balaban J connectivity index is 3.13. The molecule has 1 rings (SSSR count). The molecule has 0 aromatic heterocycles. The number of aliphatic hydroxyl groups excluding tert-OH is 2. The van der Waals surface area contributed by atoms with Gasteiger partial charge in [0.1, 0.15) is 0 Å². The van der Waals surface area contributed by atoms with E-state index in [0.29, 0.717) is 12.1 Å². The number of nitrogens with two attached hydrogens (primary N) is 1. The second-order valence-corrected chi connectivity index (χ2v) is 4.65. The van der Waals surface area contributed by atoms with E-state index in [1.807, 2.05) is 0 Å². The van der Waals surface area contributed by atoms with Crippen molar-refractivity contribution < 1.29 is 23.4 Å². The number of rotatable bonds is 6. The van der Waals surface area contributed by atoms with Crippen LogP contribution >= 0.6 is 0 Å². The predicted molar refractivity (Wildman–Crippen MR) is 70.2 cm³/mol. The van der Waals surface area contributed by atoms with Crippen molar-refractivity contribution in [2.45, 2.75) is 31.6 Å². The molecule has 0 amide bonds. The molecule has 4 nitrogen and oxygen atoms in total. The van der Waals surface area contributed by atoms with E-state index < -0.39 is 17.3 Å². The maximum atomic E-state index is 12.6. The zero-order valence-electron chi connectivity index (χ0n) is 11.2. The molecule has 1 aromatic carbocycles. The van der Waals surface area contributed by atoms with Crippen molar-refractivity contribution in [3.63, 3.8) is 0 Å². The summed E-state index contributed by atoms with van der Waals surface area (Å²) in [6, 6.07) is 3.18. The molecule has 0 saturated carbocycles. The third-order valence-electron chi connectivity index (χ3n) is 3.33. The molecule has 0 aliphatic rings. The summed E-state index contributed by atoms with van der Waals surface area (Å²) in [7, 11) is 0. The fraction of sp³-hybridized carbons (Fsp3) is 0.538. The van der Waals surface area contributed by atoms with Crippen LogP contribution in [0.5, 0.6) is 0 Å². The first-order valence-corrected chi connectivity index (χ1v) is 6.22. The lowest BCUT2D eigenvalue weighted by Crippen LogP contribution is -2.45. The summed E-state index contributed by atoms with van der Waals surface area (Å²) in [5.41, 5.74) is 4.37. The van der Waals surface area contributed by atoms with E-state index in [4.69, 9.17) is 5.73 Å². The lowest BCUT2D eigenvalue weighted by atomic mass is 9.96. The highest BCUT2D eigenvalue weighted by Crippen LogP contribution is 2.32. The van der Waals surface area contributed by atoms with Crippen LogP contribution in [0.15, 0.2) is 18.2 Å². The number of anilines is 1. The molecule has 0 atom stereocenters. The summed E-state index contributed by atoms with van der Waals surface area (Å²) in [6.07, 6.45) is -4.02. The highest BCUT2D eigenvalue weighted by atomic mass is 19.4. The minimum Gasteiger partial charge on any atom is -0.394 e. The molecule has 114 valence electrons. The summed E-state index contributed by atoms with van der Waals surface area (Å²) in [4.78, 5) is 0. The SMILES string of the molecule is CCC(CO)(CO)Nc1ccc(C(F)(F)F)cc1CN. The van der Waals surface area contributed by atoms with Crippen molar-refractivity contribution >= 4 is 5.69 Å². The van der Waals surface area contributed by atoms with Gasteiger partial charge in [-0.25, -0.2) is 0 Å². The first-order chi connectivity index (χ1) is 9.31. The van der Waals surface area contributed by atoms with Crippen molar-refractivity contribution in [1.29, 1.82) is 0 Å². The van der Waals surface area contributed by atoms with Crippen molar-refractivity contribution in [2.75, 3.05) is 18.5 Å². The monoisotopic (exact) mass is 292 g/mol. The van der Waals surface area contributed by atoms with Gasteiger partial charge in [-0.3, -0.25) is 0 Å². The lowest BCUT2D eigenvalue weighted by Gasteiger charge is -2.32. The fourth-order valence-electron chi connectivity index (χ4n) is 1.79. The van der Waals surface area contributed by atoms with Crippen LogP contribution in [0, 0.1) is 0 Å². The first-order valence-electron chi connectivity index (χ1n) is 6.22. The summed E-state index contributed by atoms with van der Waals surface area (Å²) in [5.74, 6) is 0. The van der Waals surface area contributed by atoms with Gasteiger partial charge in [-0.1, -0.05) is 6.92 Å². The maximum absolute atomic E-state index is 12.6. The summed E-state index contributed by atoms with van der Waals surface area (Å²) < 4.78 is 37.9. The highest BCUT2D eigenvalue weighted by Gasteiger charge is 2.32. The molecular weight excluding hydrogens is 273 g/mol. The Morgan fingerprint density at radius 3 is 2.20 bits per heavy atom. The maximum Gasteiger partial charge on any atom is 0.416 e. The molecule has 0 aliphatic heterocycles. The van der Waals surface area contributed by atoms with Gasteiger partial charge in [0.05, 0.1) is 24.3 Å². The summed E-state index contributed by atoms with van der Waals surface area (Å²) in [5, 5.41) is 21.6. The van der Waals surface area contributed by atoms with Crippen LogP contribution in [0.2, 0.25) is 0 Å². The molecule has 0 spiro atoms. The molecule has 0 fully saturated rings. The van der Waals surface area contributed by atoms with Crippen molar-refractivity contribution in [2.24, 2.45) is 5.73 Å². The Bertz CT molecular complexity index is 437. The molecule has 0 saturated heterocycles. The number of aliphatic hydroxyl groups is 2. The number of alkyl halides is 3. The number of benzene rings is 1. The zero-order valence-corrected chi connectivity index (χ0v) is 11.2. The first kappa shape index (κ1) is 16.7. The number of halogens is 3. The Kier molecular flexibility index (Phi) is 5.38. The summed E-state index contributed by atoms with van der Waals surface area (Å²) >= 11 is 0. The Morgan fingerprint density at radius 1 is 1.20 bits per heavy atom. The van der Waals surface area contributed by atoms with Crippen molar-refractivity contribution in [1.82, 2.24) is 0 Å². The van der Waals surface area contributed by atoms with Gasteiger partial charge in [-0.05, 0) is 30.2 Å². The third kappa shape index (κ3) is 3.62. The fourth-order valence-corrected chi connectivity index (χ4v) is 1.79. The van der Waals surface area contributed by atoms with Crippen LogP contribution < -0.4 is 11.1 Å². The number of hydrogen-bond donors (Lipinski definition) is 4. The van der Waals surface area contributed by atoms with Crippen LogP contribution in [0.4, 0.5) is 18.9 Å². The molecule has 20 heavy (non-hydrogen) atoms. The lowest BCUT2D eigenvalue weighted by molar-refractivity contribution is -0.137. The number of hydrogen-bond acceptors (Lipinski definition) is 4. The molecule has 7 heteroatoms. The molecule has 0 aliphatic carbocycles. The van der Waals surface area contributed by atoms with E-state index >= 15 is 0 Å². The van der Waals surface area contributed by atoms with Crippen LogP contribution in [0.25, 0.3) is 0 Å². The molecular formula is C13H19F3N2O2. The van der Waals surface area contributed by atoms with Gasteiger partial charge in [0.15, 0.2) is 0 Å². The molecule has 1 aromatic rings. The second-order valence-electron chi connectivity index (χ2n) is 4.65. The number of nitrogens with one attached hydrogen (secondary N) is 1. The summed E-state index contributed by atoms with van der Waals surface area (Å²) in [6.45, 7) is 0.991. The van der Waals surface area contributed by atoms with Crippen LogP contribution in [0.3, 0.4) is 0 Å². The molecule has 0 radical (unpaired) electrons. The van der Waals surface area contributed by atoms with Gasteiger partial charge in [0.2, 0.25) is 0 Å². The van der Waals surface area contributed by atoms with E-state index in [0.717, 1.165) is 12.1 Å². The van der Waals surface area contributed by atoms with Gasteiger partial charge in [0.25, 0.3) is 0 Å². The van der Waals surface area contributed by atoms with Gasteiger partial charge in [-0.2, -0.15) is 13.2 Å². The van der Waals surface area contributed by atoms with E-state index in [-0.39, 0.29) is 25.3 Å². The average Bonchev–Trinajstić information content (AvgIpc) is 2.44.